The number of nitrogens with zero attached hydrogens (tertiary/aromatic N) is 1. The van der Waals surface area contributed by atoms with E-state index in [0.717, 1.165) is 0 Å². The molecule has 26 heavy (non-hydrogen) atoms. The Bertz CT molecular complexity index is 549. The Labute approximate surface area is 157 Å². The largest absolute Gasteiger partial charge is 0.444 e. The summed E-state index contributed by atoms with van der Waals surface area (Å²) >= 11 is 0. The highest BCUT2D eigenvalue weighted by atomic mass is 28.4. The van der Waals surface area contributed by atoms with E-state index in [1.54, 1.807) is 20.8 Å². The van der Waals surface area contributed by atoms with Crippen molar-refractivity contribution in [1.29, 1.82) is 0 Å². The van der Waals surface area contributed by atoms with Crippen LogP contribution in [-0.2, 0) is 18.8 Å². The first-order chi connectivity index (χ1) is 11.6. The summed E-state index contributed by atoms with van der Waals surface area (Å²) in [7, 11) is -2.00. The first-order valence-corrected chi connectivity index (χ1v) is 12.0. The van der Waals surface area contributed by atoms with Crippen molar-refractivity contribution < 1.29 is 23.5 Å². The zero-order valence-corrected chi connectivity index (χ0v) is 18.4. The lowest BCUT2D eigenvalue weighted by atomic mass is 10.1. The Morgan fingerprint density at radius 3 is 2.15 bits per heavy atom. The van der Waals surface area contributed by atoms with Gasteiger partial charge in [0.2, 0.25) is 5.91 Å². The van der Waals surface area contributed by atoms with Crippen LogP contribution in [0.5, 0.6) is 0 Å². The Kier molecular flexibility index (Phi) is 7.03. The zero-order chi connectivity index (χ0) is 20.3. The van der Waals surface area contributed by atoms with Gasteiger partial charge in [-0.25, -0.2) is 4.79 Å². The minimum atomic E-state index is -2.00. The van der Waals surface area contributed by atoms with Crippen LogP contribution >= 0.6 is 0 Å². The number of hydrogen-bond donors (Lipinski definition) is 1. The van der Waals surface area contributed by atoms with Gasteiger partial charge in [0.15, 0.2) is 14.1 Å². The predicted octanol–water partition coefficient (Wildman–Crippen LogP) is 2.70. The summed E-state index contributed by atoms with van der Waals surface area (Å²) in [5.41, 5.74) is -0.662. The lowest BCUT2D eigenvalue weighted by molar-refractivity contribution is -0.133. The number of nitrogens with one attached hydrogen (secondary N) is 1. The number of β-lactam (4-membered cyclic amide) rings is 1. The summed E-state index contributed by atoms with van der Waals surface area (Å²) in [6.45, 7) is 16.4. The summed E-state index contributed by atoms with van der Waals surface area (Å²) in [6.07, 6.45) is -0.437. The van der Waals surface area contributed by atoms with Crippen LogP contribution in [0.2, 0.25) is 18.1 Å². The number of rotatable bonds is 7. The molecule has 7 nitrogen and oxygen atoms in total. The van der Waals surface area contributed by atoms with Gasteiger partial charge < -0.3 is 14.5 Å². The van der Waals surface area contributed by atoms with E-state index in [9.17, 15) is 14.4 Å². The van der Waals surface area contributed by atoms with Crippen molar-refractivity contribution in [2.45, 2.75) is 77.7 Å². The van der Waals surface area contributed by atoms with E-state index in [4.69, 9.17) is 9.16 Å². The van der Waals surface area contributed by atoms with E-state index in [1.807, 2.05) is 0 Å². The molecule has 0 aliphatic carbocycles. The summed E-state index contributed by atoms with van der Waals surface area (Å²) in [5, 5.41) is 2.64. The van der Waals surface area contributed by atoms with Gasteiger partial charge >= 0.3 is 6.09 Å². The second kappa shape index (κ2) is 8.08. The molecule has 1 unspecified atom stereocenters. The molecule has 1 heterocycles. The van der Waals surface area contributed by atoms with E-state index in [0.29, 0.717) is 6.54 Å². The normalized spacial score (nSPS) is 18.0. The van der Waals surface area contributed by atoms with Gasteiger partial charge in [0.1, 0.15) is 11.6 Å². The fourth-order valence-corrected chi connectivity index (χ4v) is 2.97. The van der Waals surface area contributed by atoms with Crippen LogP contribution in [0.15, 0.2) is 0 Å². The molecule has 8 heteroatoms. The summed E-state index contributed by atoms with van der Waals surface area (Å²) in [6, 6.07) is -0.570. The van der Waals surface area contributed by atoms with E-state index >= 15 is 0 Å². The van der Waals surface area contributed by atoms with Gasteiger partial charge in [-0.2, -0.15) is 0 Å². The summed E-state index contributed by atoms with van der Waals surface area (Å²) in [5.74, 6) is -0.302. The Morgan fingerprint density at radius 2 is 1.77 bits per heavy atom. The minimum Gasteiger partial charge on any atom is -0.444 e. The maximum atomic E-state index is 12.4. The fourth-order valence-electron chi connectivity index (χ4n) is 2.02. The molecule has 1 aliphatic rings. The Balaban J connectivity index is 2.62. The van der Waals surface area contributed by atoms with Gasteiger partial charge in [0.25, 0.3) is 0 Å². The molecule has 0 aromatic heterocycles. The number of carbonyl (C=O) groups is 3. The number of Topliss-reactive ketones (excluding diaryl/α,β-unsaturated/α-hetero) is 1. The second-order valence-electron chi connectivity index (χ2n) is 9.27. The smallest absolute Gasteiger partial charge is 0.411 e. The number of hydrogen-bond acceptors (Lipinski definition) is 5. The SMILES string of the molecule is CC(C)(C)OC(=O)N(CCC(=O)CO[Si](C)(C)C(C)(C)C)C1CNC1=O. The maximum Gasteiger partial charge on any atom is 0.411 e. The molecule has 150 valence electrons. The highest BCUT2D eigenvalue weighted by Crippen LogP contribution is 2.36. The average Bonchev–Trinajstić information content (AvgIpc) is 2.44. The Hall–Kier alpha value is -1.41. The first kappa shape index (κ1) is 22.6. The third kappa shape index (κ3) is 6.39. The van der Waals surface area contributed by atoms with Crippen molar-refractivity contribution in [2.75, 3.05) is 19.7 Å². The van der Waals surface area contributed by atoms with Crippen molar-refractivity contribution in [3.63, 3.8) is 0 Å². The third-order valence-corrected chi connectivity index (χ3v) is 9.29. The highest BCUT2D eigenvalue weighted by Gasteiger charge is 2.39. The minimum absolute atomic E-state index is 0.0276. The van der Waals surface area contributed by atoms with Crippen LogP contribution in [0.25, 0.3) is 0 Å². The Morgan fingerprint density at radius 1 is 1.19 bits per heavy atom. The molecule has 0 aromatic rings. The van der Waals surface area contributed by atoms with Crippen LogP contribution in [-0.4, -0.2) is 62.3 Å². The summed E-state index contributed by atoms with van der Waals surface area (Å²) < 4.78 is 11.3. The first-order valence-electron chi connectivity index (χ1n) is 9.07. The van der Waals surface area contributed by atoms with E-state index in [2.05, 4.69) is 39.2 Å². The number of ketones is 1. The predicted molar refractivity (Wildman–Crippen MR) is 103 cm³/mol. The van der Waals surface area contributed by atoms with Gasteiger partial charge in [-0.1, -0.05) is 20.8 Å². The number of ether oxygens (including phenoxy) is 1. The van der Waals surface area contributed by atoms with Gasteiger partial charge in [-0.15, -0.1) is 0 Å². The van der Waals surface area contributed by atoms with Crippen molar-refractivity contribution in [3.8, 4) is 0 Å². The molecule has 1 aliphatic heterocycles. The lowest BCUT2D eigenvalue weighted by Gasteiger charge is -2.37. The van der Waals surface area contributed by atoms with Gasteiger partial charge in [0, 0.05) is 19.5 Å². The van der Waals surface area contributed by atoms with E-state index < -0.39 is 26.1 Å². The van der Waals surface area contributed by atoms with Gasteiger partial charge in [0.05, 0.1) is 6.61 Å². The van der Waals surface area contributed by atoms with E-state index in [1.165, 1.54) is 4.90 Å². The zero-order valence-electron chi connectivity index (χ0n) is 17.4. The summed E-state index contributed by atoms with van der Waals surface area (Å²) in [4.78, 5) is 37.7. The van der Waals surface area contributed by atoms with Crippen LogP contribution in [0, 0.1) is 0 Å². The van der Waals surface area contributed by atoms with Crippen molar-refractivity contribution >= 4 is 26.1 Å². The van der Waals surface area contributed by atoms with Crippen molar-refractivity contribution in [2.24, 2.45) is 0 Å². The van der Waals surface area contributed by atoms with Gasteiger partial charge in [-0.05, 0) is 38.9 Å². The van der Waals surface area contributed by atoms with Crippen LogP contribution in [0.3, 0.4) is 0 Å². The lowest BCUT2D eigenvalue weighted by Crippen LogP contribution is -2.64. The van der Waals surface area contributed by atoms with Crippen LogP contribution < -0.4 is 5.32 Å². The molecular formula is C18H34N2O5Si. The van der Waals surface area contributed by atoms with Crippen molar-refractivity contribution in [3.05, 3.63) is 0 Å². The third-order valence-electron chi connectivity index (χ3n) is 4.81. The standard InChI is InChI=1S/C18H34N2O5Si/c1-17(2,3)25-16(23)20(14-11-19-15(14)22)10-9-13(21)12-24-26(7,8)18(4,5)6/h14H,9-12H2,1-8H3,(H,19,22). The molecule has 1 fully saturated rings. The molecule has 1 N–H and O–H groups in total. The molecule has 0 spiro atoms. The number of carbonyl (C=O) groups excluding carboxylic acids is 3. The molecule has 0 radical (unpaired) electrons. The van der Waals surface area contributed by atoms with E-state index in [-0.39, 0.29) is 36.3 Å². The van der Waals surface area contributed by atoms with Crippen LogP contribution in [0.1, 0.15) is 48.0 Å². The molecule has 0 bridgehead atoms. The molecule has 1 rings (SSSR count). The number of amides is 2. The molecule has 2 amide bonds. The monoisotopic (exact) mass is 386 g/mol. The van der Waals surface area contributed by atoms with Crippen molar-refractivity contribution in [1.82, 2.24) is 10.2 Å². The highest BCUT2D eigenvalue weighted by molar-refractivity contribution is 6.74. The molecule has 1 atom stereocenters. The second-order valence-corrected chi connectivity index (χ2v) is 14.1. The van der Waals surface area contributed by atoms with Crippen LogP contribution in [0.4, 0.5) is 4.79 Å². The van der Waals surface area contributed by atoms with Gasteiger partial charge in [-0.3, -0.25) is 14.5 Å². The topological polar surface area (TPSA) is 84.9 Å². The average molecular weight is 387 g/mol. The fraction of sp³-hybridized carbons (Fsp3) is 0.833. The molecule has 0 aromatic carbocycles. The molecular weight excluding hydrogens is 352 g/mol. The quantitative estimate of drug-likeness (QED) is 0.537. The molecule has 0 saturated carbocycles. The maximum absolute atomic E-state index is 12.4. The molecule has 1 saturated heterocycles.